The third kappa shape index (κ3) is 2.84. The van der Waals surface area contributed by atoms with Crippen LogP contribution in [0, 0.1) is 5.92 Å². The number of halogens is 1. The molecule has 2 atom stereocenters. The number of nitrogens with one attached hydrogen (secondary N) is 1. The lowest BCUT2D eigenvalue weighted by Crippen LogP contribution is -2.36. The Balaban J connectivity index is 1.59. The van der Waals surface area contributed by atoms with E-state index in [1.54, 1.807) is 0 Å². The van der Waals surface area contributed by atoms with Crippen molar-refractivity contribution in [2.75, 3.05) is 6.54 Å². The average molecular weight is 293 g/mol. The average Bonchev–Trinajstić information content (AvgIpc) is 3.11. The number of hydrogen-bond donors (Lipinski definition) is 2. The van der Waals surface area contributed by atoms with Gasteiger partial charge in [0, 0.05) is 28.9 Å². The Labute approximate surface area is 124 Å². The minimum Gasteiger partial charge on any atom is -0.355 e. The summed E-state index contributed by atoms with van der Waals surface area (Å²) >= 11 is 6.06. The van der Waals surface area contributed by atoms with Crippen LogP contribution in [0.3, 0.4) is 0 Å². The van der Waals surface area contributed by atoms with Gasteiger partial charge in [-0.2, -0.15) is 0 Å². The molecule has 1 aromatic carbocycles. The van der Waals surface area contributed by atoms with Gasteiger partial charge in [0.05, 0.1) is 0 Å². The van der Waals surface area contributed by atoms with Crippen LogP contribution in [0.1, 0.15) is 37.7 Å². The minimum absolute atomic E-state index is 0.111. The summed E-state index contributed by atoms with van der Waals surface area (Å²) in [6.45, 7) is 0.720. The number of amides is 1. The van der Waals surface area contributed by atoms with Gasteiger partial charge in [0.1, 0.15) is 0 Å². The van der Waals surface area contributed by atoms with E-state index in [1.165, 1.54) is 5.56 Å². The van der Waals surface area contributed by atoms with Crippen molar-refractivity contribution < 1.29 is 4.79 Å². The van der Waals surface area contributed by atoms with Gasteiger partial charge < -0.3 is 11.1 Å². The van der Waals surface area contributed by atoms with E-state index in [1.807, 2.05) is 18.2 Å². The van der Waals surface area contributed by atoms with Crippen LogP contribution in [0.25, 0.3) is 0 Å². The Morgan fingerprint density at radius 1 is 1.40 bits per heavy atom. The summed E-state index contributed by atoms with van der Waals surface area (Å²) in [4.78, 5) is 12.2. The Bertz CT molecular complexity index is 513. The molecule has 0 radical (unpaired) electrons. The van der Waals surface area contributed by atoms with Gasteiger partial charge in [-0.15, -0.1) is 0 Å². The van der Waals surface area contributed by atoms with Gasteiger partial charge in [-0.05, 0) is 49.8 Å². The van der Waals surface area contributed by atoms with Gasteiger partial charge in [-0.1, -0.05) is 23.7 Å². The van der Waals surface area contributed by atoms with Gasteiger partial charge in [0.2, 0.25) is 5.91 Å². The van der Waals surface area contributed by atoms with Gasteiger partial charge in [0.25, 0.3) is 0 Å². The molecule has 2 fully saturated rings. The molecule has 2 unspecified atom stereocenters. The quantitative estimate of drug-likeness (QED) is 0.896. The molecule has 3 nitrogen and oxygen atoms in total. The molecule has 1 aromatic rings. The standard InChI is InChI=1S/C16H21ClN2O/c17-13-3-1-2-12(9-13)16(6-7-16)10-19-15(20)11-4-5-14(18)8-11/h1-3,9,11,14H,4-8,10,18H2,(H,19,20). The van der Waals surface area contributed by atoms with Crippen LogP contribution in [-0.4, -0.2) is 18.5 Å². The van der Waals surface area contributed by atoms with Crippen LogP contribution in [0.15, 0.2) is 24.3 Å². The second-order valence-corrected chi connectivity index (χ2v) is 6.71. The zero-order chi connectivity index (χ0) is 14.2. The molecule has 20 heavy (non-hydrogen) atoms. The van der Waals surface area contributed by atoms with Crippen molar-refractivity contribution in [3.05, 3.63) is 34.9 Å². The van der Waals surface area contributed by atoms with Crippen molar-refractivity contribution in [1.82, 2.24) is 5.32 Å². The zero-order valence-corrected chi connectivity index (χ0v) is 12.3. The molecule has 0 spiro atoms. The van der Waals surface area contributed by atoms with E-state index in [0.29, 0.717) is 0 Å². The Hall–Kier alpha value is -1.06. The van der Waals surface area contributed by atoms with E-state index in [9.17, 15) is 4.79 Å². The summed E-state index contributed by atoms with van der Waals surface area (Å²) < 4.78 is 0. The lowest BCUT2D eigenvalue weighted by molar-refractivity contribution is -0.124. The normalized spacial score (nSPS) is 27.3. The third-order valence-corrected chi connectivity index (χ3v) is 4.97. The van der Waals surface area contributed by atoms with Crippen LogP contribution in [0.4, 0.5) is 0 Å². The molecule has 0 heterocycles. The van der Waals surface area contributed by atoms with Crippen LogP contribution < -0.4 is 11.1 Å². The van der Waals surface area contributed by atoms with E-state index in [2.05, 4.69) is 11.4 Å². The lowest BCUT2D eigenvalue weighted by atomic mass is 9.95. The molecule has 1 amide bonds. The molecule has 0 saturated heterocycles. The molecular formula is C16H21ClN2O. The lowest BCUT2D eigenvalue weighted by Gasteiger charge is -2.18. The smallest absolute Gasteiger partial charge is 0.223 e. The molecule has 0 bridgehead atoms. The van der Waals surface area contributed by atoms with Gasteiger partial charge in [-0.3, -0.25) is 4.79 Å². The molecule has 0 aromatic heterocycles. The number of rotatable bonds is 4. The van der Waals surface area contributed by atoms with Crippen molar-refractivity contribution in [3.8, 4) is 0 Å². The summed E-state index contributed by atoms with van der Waals surface area (Å²) in [7, 11) is 0. The number of hydrogen-bond acceptors (Lipinski definition) is 2. The highest BCUT2D eigenvalue weighted by atomic mass is 35.5. The maximum absolute atomic E-state index is 12.2. The fourth-order valence-corrected chi connectivity index (χ4v) is 3.38. The fourth-order valence-electron chi connectivity index (χ4n) is 3.19. The highest BCUT2D eigenvalue weighted by Gasteiger charge is 2.44. The fraction of sp³-hybridized carbons (Fsp3) is 0.562. The largest absolute Gasteiger partial charge is 0.355 e. The first-order chi connectivity index (χ1) is 9.59. The minimum atomic E-state index is 0.111. The second kappa shape index (κ2) is 5.38. The Kier molecular flexibility index (Phi) is 3.74. The number of nitrogens with two attached hydrogens (primary N) is 1. The second-order valence-electron chi connectivity index (χ2n) is 6.28. The van der Waals surface area contributed by atoms with E-state index in [4.69, 9.17) is 17.3 Å². The van der Waals surface area contributed by atoms with E-state index in [0.717, 1.165) is 43.7 Å². The summed E-state index contributed by atoms with van der Waals surface area (Å²) in [5.74, 6) is 0.284. The first-order valence-electron chi connectivity index (χ1n) is 7.38. The maximum Gasteiger partial charge on any atom is 0.223 e. The Morgan fingerprint density at radius 3 is 2.80 bits per heavy atom. The summed E-state index contributed by atoms with van der Waals surface area (Å²) in [6, 6.07) is 8.20. The number of benzene rings is 1. The predicted octanol–water partition coefficient (Wildman–Crippen LogP) is 2.62. The topological polar surface area (TPSA) is 55.1 Å². The third-order valence-electron chi connectivity index (χ3n) is 4.74. The van der Waals surface area contributed by atoms with Crippen LogP contribution >= 0.6 is 11.6 Å². The maximum atomic E-state index is 12.2. The van der Waals surface area contributed by atoms with E-state index < -0.39 is 0 Å². The highest BCUT2D eigenvalue weighted by Crippen LogP contribution is 2.48. The van der Waals surface area contributed by atoms with Gasteiger partial charge in [0.15, 0.2) is 0 Å². The van der Waals surface area contributed by atoms with E-state index >= 15 is 0 Å². The summed E-state index contributed by atoms with van der Waals surface area (Å²) in [5, 5.41) is 3.89. The SMILES string of the molecule is NC1CCC(C(=O)NCC2(c3cccc(Cl)c3)CC2)C1. The highest BCUT2D eigenvalue weighted by molar-refractivity contribution is 6.30. The molecule has 4 heteroatoms. The van der Waals surface area contributed by atoms with Crippen LogP contribution in [0.2, 0.25) is 5.02 Å². The van der Waals surface area contributed by atoms with Crippen molar-refractivity contribution in [2.24, 2.45) is 11.7 Å². The molecule has 3 rings (SSSR count). The van der Waals surface area contributed by atoms with Crippen LogP contribution in [-0.2, 0) is 10.2 Å². The van der Waals surface area contributed by atoms with E-state index in [-0.39, 0.29) is 23.3 Å². The first kappa shape index (κ1) is 13.9. The summed E-state index contributed by atoms with van der Waals surface area (Å²) in [5.41, 5.74) is 7.23. The molecule has 2 aliphatic rings. The number of carbonyl (C=O) groups excluding carboxylic acids is 1. The molecule has 2 saturated carbocycles. The summed E-state index contributed by atoms with van der Waals surface area (Å²) in [6.07, 6.45) is 4.97. The number of carbonyl (C=O) groups is 1. The van der Waals surface area contributed by atoms with Gasteiger partial charge in [-0.25, -0.2) is 0 Å². The molecular weight excluding hydrogens is 272 g/mol. The van der Waals surface area contributed by atoms with Crippen LogP contribution in [0.5, 0.6) is 0 Å². The van der Waals surface area contributed by atoms with Crippen molar-refractivity contribution >= 4 is 17.5 Å². The first-order valence-corrected chi connectivity index (χ1v) is 7.76. The van der Waals surface area contributed by atoms with Gasteiger partial charge >= 0.3 is 0 Å². The van der Waals surface area contributed by atoms with Crippen molar-refractivity contribution in [1.29, 1.82) is 0 Å². The zero-order valence-electron chi connectivity index (χ0n) is 11.6. The predicted molar refractivity (Wildman–Crippen MR) is 80.7 cm³/mol. The molecule has 108 valence electrons. The monoisotopic (exact) mass is 292 g/mol. The van der Waals surface area contributed by atoms with Crippen molar-refractivity contribution in [2.45, 2.75) is 43.6 Å². The molecule has 3 N–H and O–H groups in total. The Morgan fingerprint density at radius 2 is 2.20 bits per heavy atom. The molecule has 0 aliphatic heterocycles. The van der Waals surface area contributed by atoms with Crippen molar-refractivity contribution in [3.63, 3.8) is 0 Å². The molecule has 2 aliphatic carbocycles.